The molecule has 0 saturated heterocycles. The summed E-state index contributed by atoms with van der Waals surface area (Å²) in [5.41, 5.74) is 1.03. The first-order valence-corrected chi connectivity index (χ1v) is 3.36. The topological polar surface area (TPSA) is 45.8 Å². The lowest BCUT2D eigenvalue weighted by Crippen LogP contribution is -1.82. The largest absolute Gasteiger partial charge is 0.351 e. The van der Waals surface area contributed by atoms with Gasteiger partial charge < -0.3 is 9.78 Å². The van der Waals surface area contributed by atoms with Crippen molar-refractivity contribution in [2.24, 2.45) is 5.92 Å². The number of hydrogen-bond donors (Lipinski definition) is 1. The SMILES string of the molecule is O=CC1CC1c1c[nH]cn1. The minimum absolute atomic E-state index is 0.239. The van der Waals surface area contributed by atoms with Gasteiger partial charge in [-0.25, -0.2) is 4.98 Å². The molecule has 1 fully saturated rings. The third-order valence-electron chi connectivity index (χ3n) is 1.91. The second-order valence-electron chi connectivity index (χ2n) is 2.64. The molecule has 1 aliphatic carbocycles. The van der Waals surface area contributed by atoms with Gasteiger partial charge in [0.25, 0.3) is 0 Å². The molecule has 2 atom stereocenters. The van der Waals surface area contributed by atoms with Crippen LogP contribution in [0.2, 0.25) is 0 Å². The number of carbonyl (C=O) groups is 1. The second-order valence-corrected chi connectivity index (χ2v) is 2.64. The van der Waals surface area contributed by atoms with Crippen molar-refractivity contribution >= 4 is 6.29 Å². The maximum Gasteiger partial charge on any atom is 0.123 e. The molecule has 3 heteroatoms. The molecule has 10 heavy (non-hydrogen) atoms. The number of rotatable bonds is 2. The molecule has 3 nitrogen and oxygen atoms in total. The van der Waals surface area contributed by atoms with Gasteiger partial charge in [0.05, 0.1) is 12.0 Å². The summed E-state index contributed by atoms with van der Waals surface area (Å²) < 4.78 is 0. The molecule has 0 radical (unpaired) electrons. The van der Waals surface area contributed by atoms with E-state index in [1.54, 1.807) is 6.33 Å². The molecule has 52 valence electrons. The third-order valence-corrected chi connectivity index (χ3v) is 1.91. The van der Waals surface area contributed by atoms with Crippen molar-refractivity contribution in [3.05, 3.63) is 18.2 Å². The molecule has 0 bridgehead atoms. The number of hydrogen-bond acceptors (Lipinski definition) is 2. The summed E-state index contributed by atoms with van der Waals surface area (Å²) in [7, 11) is 0. The molecule has 2 unspecified atom stereocenters. The highest BCUT2D eigenvalue weighted by molar-refractivity contribution is 5.60. The van der Waals surface area contributed by atoms with Gasteiger partial charge in [0.2, 0.25) is 0 Å². The number of aldehydes is 1. The van der Waals surface area contributed by atoms with Gasteiger partial charge in [0.15, 0.2) is 0 Å². The van der Waals surface area contributed by atoms with Gasteiger partial charge in [-0.05, 0) is 6.42 Å². The van der Waals surface area contributed by atoms with Crippen LogP contribution in [-0.4, -0.2) is 16.3 Å². The number of H-pyrrole nitrogens is 1. The Morgan fingerprint density at radius 2 is 2.70 bits per heavy atom. The van der Waals surface area contributed by atoms with E-state index in [4.69, 9.17) is 0 Å². The van der Waals surface area contributed by atoms with Crippen LogP contribution in [0.5, 0.6) is 0 Å². The van der Waals surface area contributed by atoms with Crippen molar-refractivity contribution in [1.29, 1.82) is 0 Å². The van der Waals surface area contributed by atoms with Crippen molar-refractivity contribution < 1.29 is 4.79 Å². The molecule has 1 saturated carbocycles. The number of imidazole rings is 1. The predicted octanol–water partition coefficient (Wildman–Crippen LogP) is 0.712. The normalized spacial score (nSPS) is 30.0. The van der Waals surface area contributed by atoms with Gasteiger partial charge in [-0.1, -0.05) is 0 Å². The van der Waals surface area contributed by atoms with E-state index in [0.29, 0.717) is 5.92 Å². The standard InChI is InChI=1S/C7H8N2O/c10-3-5-1-6(5)7-2-8-4-9-7/h2-6H,1H2,(H,8,9). The van der Waals surface area contributed by atoms with E-state index >= 15 is 0 Å². The van der Waals surface area contributed by atoms with Gasteiger partial charge in [0.1, 0.15) is 6.29 Å². The van der Waals surface area contributed by atoms with E-state index in [9.17, 15) is 4.79 Å². The molecule has 1 aromatic heterocycles. The fourth-order valence-electron chi connectivity index (χ4n) is 1.18. The Morgan fingerprint density at radius 3 is 3.20 bits per heavy atom. The van der Waals surface area contributed by atoms with Crippen molar-refractivity contribution in [2.45, 2.75) is 12.3 Å². The maximum absolute atomic E-state index is 10.2. The number of nitrogens with zero attached hydrogens (tertiary/aromatic N) is 1. The van der Waals surface area contributed by atoms with Crippen molar-refractivity contribution in [2.75, 3.05) is 0 Å². The Balaban J connectivity index is 2.11. The minimum atomic E-state index is 0.239. The maximum atomic E-state index is 10.2. The molecule has 1 aliphatic rings. The van der Waals surface area contributed by atoms with Gasteiger partial charge in [-0.2, -0.15) is 0 Å². The first-order valence-electron chi connectivity index (χ1n) is 3.36. The van der Waals surface area contributed by atoms with Crippen LogP contribution in [0.15, 0.2) is 12.5 Å². The molecule has 1 heterocycles. The highest BCUT2D eigenvalue weighted by Crippen LogP contribution is 2.44. The Labute approximate surface area is 58.5 Å². The highest BCUT2D eigenvalue weighted by Gasteiger charge is 2.39. The van der Waals surface area contributed by atoms with Gasteiger partial charge >= 0.3 is 0 Å². The van der Waals surface area contributed by atoms with E-state index in [-0.39, 0.29) is 5.92 Å². The smallest absolute Gasteiger partial charge is 0.123 e. The summed E-state index contributed by atoms with van der Waals surface area (Å²) in [4.78, 5) is 17.2. The van der Waals surface area contributed by atoms with Crippen LogP contribution in [0.25, 0.3) is 0 Å². The highest BCUT2D eigenvalue weighted by atomic mass is 16.1. The summed E-state index contributed by atoms with van der Waals surface area (Å²) in [6.45, 7) is 0. The fraction of sp³-hybridized carbons (Fsp3) is 0.429. The zero-order valence-corrected chi connectivity index (χ0v) is 5.45. The van der Waals surface area contributed by atoms with Crippen molar-refractivity contribution in [3.63, 3.8) is 0 Å². The molecular formula is C7H8N2O. The van der Waals surface area contributed by atoms with Gasteiger partial charge in [-0.3, -0.25) is 0 Å². The summed E-state index contributed by atoms with van der Waals surface area (Å²) in [5, 5.41) is 0. The average Bonchev–Trinajstić information content (AvgIpc) is 2.56. The Bertz CT molecular complexity index is 230. The van der Waals surface area contributed by atoms with Crippen molar-refractivity contribution in [3.8, 4) is 0 Å². The summed E-state index contributed by atoms with van der Waals surface area (Å²) in [6, 6.07) is 0. The van der Waals surface area contributed by atoms with Crippen LogP contribution in [-0.2, 0) is 4.79 Å². The molecule has 0 aliphatic heterocycles. The molecule has 0 amide bonds. The second kappa shape index (κ2) is 1.94. The minimum Gasteiger partial charge on any atom is -0.351 e. The predicted molar refractivity (Wildman–Crippen MR) is 35.5 cm³/mol. The Kier molecular flexibility index (Phi) is 1.09. The van der Waals surface area contributed by atoms with E-state index in [1.807, 2.05) is 6.20 Å². The summed E-state index contributed by atoms with van der Waals surface area (Å²) in [5.74, 6) is 0.645. The Morgan fingerprint density at radius 1 is 1.80 bits per heavy atom. The van der Waals surface area contributed by atoms with Gasteiger partial charge in [0, 0.05) is 18.0 Å². The zero-order chi connectivity index (χ0) is 6.97. The van der Waals surface area contributed by atoms with Crippen LogP contribution >= 0.6 is 0 Å². The molecular weight excluding hydrogens is 128 g/mol. The number of aromatic amines is 1. The quantitative estimate of drug-likeness (QED) is 0.608. The van der Waals surface area contributed by atoms with E-state index in [1.165, 1.54) is 0 Å². The molecule has 1 N–H and O–H groups in total. The number of aromatic nitrogens is 2. The fourth-order valence-corrected chi connectivity index (χ4v) is 1.18. The Hall–Kier alpha value is -1.12. The first kappa shape index (κ1) is 5.65. The lowest BCUT2D eigenvalue weighted by molar-refractivity contribution is -0.108. The molecule has 0 aromatic carbocycles. The van der Waals surface area contributed by atoms with Gasteiger partial charge in [-0.15, -0.1) is 0 Å². The van der Waals surface area contributed by atoms with E-state index in [2.05, 4.69) is 9.97 Å². The van der Waals surface area contributed by atoms with E-state index in [0.717, 1.165) is 18.4 Å². The lowest BCUT2D eigenvalue weighted by atomic mass is 10.3. The number of carbonyl (C=O) groups excluding carboxylic acids is 1. The lowest BCUT2D eigenvalue weighted by Gasteiger charge is -1.84. The van der Waals surface area contributed by atoms with Crippen LogP contribution in [0.3, 0.4) is 0 Å². The van der Waals surface area contributed by atoms with Crippen LogP contribution in [0.4, 0.5) is 0 Å². The summed E-state index contributed by atoms with van der Waals surface area (Å²) in [6.07, 6.45) is 5.50. The molecule has 1 aromatic rings. The average molecular weight is 136 g/mol. The van der Waals surface area contributed by atoms with Crippen molar-refractivity contribution in [1.82, 2.24) is 9.97 Å². The summed E-state index contributed by atoms with van der Waals surface area (Å²) >= 11 is 0. The monoisotopic (exact) mass is 136 g/mol. The third kappa shape index (κ3) is 0.744. The van der Waals surface area contributed by atoms with E-state index < -0.39 is 0 Å². The van der Waals surface area contributed by atoms with Crippen LogP contribution in [0, 0.1) is 5.92 Å². The number of nitrogens with one attached hydrogen (secondary N) is 1. The zero-order valence-electron chi connectivity index (χ0n) is 5.45. The van der Waals surface area contributed by atoms with Crippen LogP contribution < -0.4 is 0 Å². The molecule has 0 spiro atoms. The van der Waals surface area contributed by atoms with Crippen LogP contribution in [0.1, 0.15) is 18.0 Å². The molecule has 2 rings (SSSR count). The first-order chi connectivity index (χ1) is 4.92.